The zero-order valence-corrected chi connectivity index (χ0v) is 13.7. The van der Waals surface area contributed by atoms with E-state index in [-0.39, 0.29) is 6.04 Å². The van der Waals surface area contributed by atoms with Gasteiger partial charge in [-0.25, -0.2) is 9.18 Å². The third kappa shape index (κ3) is 4.98. The molecule has 1 aromatic heterocycles. The highest BCUT2D eigenvalue weighted by Crippen LogP contribution is 2.22. The lowest BCUT2D eigenvalue weighted by Crippen LogP contribution is -2.41. The Morgan fingerprint density at radius 1 is 1.55 bits per heavy atom. The second kappa shape index (κ2) is 6.64. The quantitative estimate of drug-likeness (QED) is 0.922. The van der Waals surface area contributed by atoms with E-state index in [2.05, 4.69) is 10.4 Å². The average molecular weight is 312 g/mol. The predicted octanol–water partition coefficient (Wildman–Crippen LogP) is 1.86. The highest BCUT2D eigenvalue weighted by Gasteiger charge is 2.32. The summed E-state index contributed by atoms with van der Waals surface area (Å²) >= 11 is 0. The highest BCUT2D eigenvalue weighted by molar-refractivity contribution is 5.67. The van der Waals surface area contributed by atoms with Gasteiger partial charge < -0.3 is 10.1 Å². The van der Waals surface area contributed by atoms with E-state index in [0.717, 1.165) is 5.56 Å². The van der Waals surface area contributed by atoms with Crippen molar-refractivity contribution < 1.29 is 13.9 Å². The molecule has 0 saturated carbocycles. The van der Waals surface area contributed by atoms with Crippen molar-refractivity contribution in [2.75, 3.05) is 13.1 Å². The van der Waals surface area contributed by atoms with Gasteiger partial charge in [0.1, 0.15) is 11.8 Å². The van der Waals surface area contributed by atoms with E-state index in [4.69, 9.17) is 4.74 Å². The largest absolute Gasteiger partial charge is 0.444 e. The summed E-state index contributed by atoms with van der Waals surface area (Å²) in [5.41, 5.74) is 0.511. The molecule has 1 N–H and O–H groups in total. The number of carbonyl (C=O) groups excluding carboxylic acids is 1. The first-order valence-electron chi connectivity index (χ1n) is 7.55. The van der Waals surface area contributed by atoms with Gasteiger partial charge in [-0.1, -0.05) is 0 Å². The van der Waals surface area contributed by atoms with Gasteiger partial charge in [0.25, 0.3) is 0 Å². The molecule has 1 aliphatic rings. The maximum absolute atomic E-state index is 13.7. The standard InChI is InChI=1S/C15H25FN4O2/c1-15(2,3)22-14(21)17-7-13-5-12(16)10-20(13)9-11-6-18-19(4)8-11/h6,8,12-13H,5,7,9-10H2,1-4H3,(H,17,21)/t12-,13-/m0/s1. The minimum Gasteiger partial charge on any atom is -0.444 e. The summed E-state index contributed by atoms with van der Waals surface area (Å²) in [5, 5.41) is 6.86. The number of nitrogens with zero attached hydrogens (tertiary/aromatic N) is 3. The number of ether oxygens (including phenoxy) is 1. The van der Waals surface area contributed by atoms with E-state index in [9.17, 15) is 9.18 Å². The predicted molar refractivity (Wildman–Crippen MR) is 81.2 cm³/mol. The average Bonchev–Trinajstić information content (AvgIpc) is 2.91. The maximum atomic E-state index is 13.7. The number of likely N-dealkylation sites (tertiary alicyclic amines) is 1. The van der Waals surface area contributed by atoms with Crippen LogP contribution in [0.15, 0.2) is 12.4 Å². The van der Waals surface area contributed by atoms with E-state index >= 15 is 0 Å². The minimum atomic E-state index is -0.859. The van der Waals surface area contributed by atoms with Crippen molar-refractivity contribution in [2.24, 2.45) is 7.05 Å². The smallest absolute Gasteiger partial charge is 0.407 e. The van der Waals surface area contributed by atoms with Crippen molar-refractivity contribution in [1.29, 1.82) is 0 Å². The van der Waals surface area contributed by atoms with Crippen LogP contribution < -0.4 is 5.32 Å². The number of rotatable bonds is 4. The molecule has 2 rings (SSSR count). The van der Waals surface area contributed by atoms with Crippen LogP contribution in [0, 0.1) is 0 Å². The molecule has 0 aliphatic carbocycles. The second-order valence-electron chi connectivity index (χ2n) is 6.82. The maximum Gasteiger partial charge on any atom is 0.407 e. The Morgan fingerprint density at radius 2 is 2.27 bits per heavy atom. The fourth-order valence-electron chi connectivity index (χ4n) is 2.63. The lowest BCUT2D eigenvalue weighted by atomic mass is 10.2. The number of halogens is 1. The molecule has 1 saturated heterocycles. The summed E-state index contributed by atoms with van der Waals surface area (Å²) in [5.74, 6) is 0. The van der Waals surface area contributed by atoms with Gasteiger partial charge in [-0.15, -0.1) is 0 Å². The molecular weight excluding hydrogens is 287 g/mol. The summed E-state index contributed by atoms with van der Waals surface area (Å²) < 4.78 is 20.7. The molecule has 0 radical (unpaired) electrons. The number of amides is 1. The SMILES string of the molecule is Cn1cc(CN2C[C@@H](F)C[C@H]2CNC(=O)OC(C)(C)C)cn1. The Morgan fingerprint density at radius 3 is 2.86 bits per heavy atom. The van der Waals surface area contributed by atoms with Gasteiger partial charge >= 0.3 is 6.09 Å². The van der Waals surface area contributed by atoms with Crippen LogP contribution in [0.25, 0.3) is 0 Å². The van der Waals surface area contributed by atoms with E-state index < -0.39 is 17.9 Å². The molecule has 1 fully saturated rings. The van der Waals surface area contributed by atoms with Gasteiger partial charge in [0, 0.05) is 44.5 Å². The van der Waals surface area contributed by atoms with E-state index in [1.165, 1.54) is 0 Å². The van der Waals surface area contributed by atoms with Gasteiger partial charge in [-0.05, 0) is 27.2 Å². The van der Waals surface area contributed by atoms with Crippen molar-refractivity contribution in [3.63, 3.8) is 0 Å². The van der Waals surface area contributed by atoms with Crippen LogP contribution in [0.3, 0.4) is 0 Å². The van der Waals surface area contributed by atoms with Crippen molar-refractivity contribution >= 4 is 6.09 Å². The molecular formula is C15H25FN4O2. The summed E-state index contributed by atoms with van der Waals surface area (Å²) in [4.78, 5) is 13.7. The second-order valence-corrected chi connectivity index (χ2v) is 6.82. The first-order chi connectivity index (χ1) is 10.2. The monoisotopic (exact) mass is 312 g/mol. The molecule has 2 atom stereocenters. The van der Waals surface area contributed by atoms with Crippen LogP contribution in [-0.2, 0) is 18.3 Å². The molecule has 22 heavy (non-hydrogen) atoms. The molecule has 6 nitrogen and oxygen atoms in total. The molecule has 1 amide bonds. The van der Waals surface area contributed by atoms with Crippen molar-refractivity contribution in [2.45, 2.75) is 51.6 Å². The number of alkyl carbamates (subject to hydrolysis) is 1. The topological polar surface area (TPSA) is 59.4 Å². The third-order valence-corrected chi connectivity index (χ3v) is 3.50. The van der Waals surface area contributed by atoms with Crippen molar-refractivity contribution in [3.8, 4) is 0 Å². The molecule has 7 heteroatoms. The van der Waals surface area contributed by atoms with Crippen molar-refractivity contribution in [1.82, 2.24) is 20.0 Å². The van der Waals surface area contributed by atoms with Crippen LogP contribution in [0.5, 0.6) is 0 Å². The van der Waals surface area contributed by atoms with E-state index in [0.29, 0.717) is 26.1 Å². The number of aromatic nitrogens is 2. The number of carbonyl (C=O) groups is 1. The number of alkyl halides is 1. The van der Waals surface area contributed by atoms with Gasteiger partial charge in [-0.3, -0.25) is 9.58 Å². The Bertz CT molecular complexity index is 512. The molecule has 0 spiro atoms. The Hall–Kier alpha value is -1.63. The van der Waals surface area contributed by atoms with Crippen LogP contribution in [0.1, 0.15) is 32.8 Å². The number of hydrogen-bond acceptors (Lipinski definition) is 4. The summed E-state index contributed by atoms with van der Waals surface area (Å²) in [6.45, 7) is 6.84. The van der Waals surface area contributed by atoms with Crippen LogP contribution >= 0.6 is 0 Å². The van der Waals surface area contributed by atoms with E-state index in [1.807, 2.05) is 38.9 Å². The number of hydrogen-bond donors (Lipinski definition) is 1. The fourth-order valence-corrected chi connectivity index (χ4v) is 2.63. The van der Waals surface area contributed by atoms with Gasteiger partial charge in [0.15, 0.2) is 0 Å². The van der Waals surface area contributed by atoms with Gasteiger partial charge in [0.2, 0.25) is 0 Å². The normalized spacial score (nSPS) is 22.8. The highest BCUT2D eigenvalue weighted by atomic mass is 19.1. The van der Waals surface area contributed by atoms with Crippen LogP contribution in [0.4, 0.5) is 9.18 Å². The Kier molecular flexibility index (Phi) is 5.05. The van der Waals surface area contributed by atoms with Crippen LogP contribution in [0.2, 0.25) is 0 Å². The molecule has 0 unspecified atom stereocenters. The third-order valence-electron chi connectivity index (χ3n) is 3.50. The minimum absolute atomic E-state index is 0.0253. The number of nitrogens with one attached hydrogen (secondary N) is 1. The fraction of sp³-hybridized carbons (Fsp3) is 0.733. The first-order valence-corrected chi connectivity index (χ1v) is 7.55. The van der Waals surface area contributed by atoms with Gasteiger partial charge in [-0.2, -0.15) is 5.10 Å². The molecule has 124 valence electrons. The van der Waals surface area contributed by atoms with E-state index in [1.54, 1.807) is 10.9 Å². The lowest BCUT2D eigenvalue weighted by molar-refractivity contribution is 0.0512. The van der Waals surface area contributed by atoms with Gasteiger partial charge in [0.05, 0.1) is 6.20 Å². The lowest BCUT2D eigenvalue weighted by Gasteiger charge is -2.25. The summed E-state index contributed by atoms with van der Waals surface area (Å²) in [6.07, 6.45) is 2.81. The molecule has 1 aliphatic heterocycles. The zero-order valence-electron chi connectivity index (χ0n) is 13.7. The zero-order chi connectivity index (χ0) is 16.3. The number of aryl methyl sites for hydroxylation is 1. The van der Waals surface area contributed by atoms with Crippen LogP contribution in [-0.4, -0.2) is 51.7 Å². The Balaban J connectivity index is 1.86. The first kappa shape index (κ1) is 16.7. The Labute approximate surface area is 130 Å². The molecule has 1 aromatic rings. The molecule has 0 aromatic carbocycles. The van der Waals surface area contributed by atoms with Crippen molar-refractivity contribution in [3.05, 3.63) is 18.0 Å². The molecule has 0 bridgehead atoms. The molecule has 2 heterocycles. The summed E-state index contributed by atoms with van der Waals surface area (Å²) in [6, 6.07) is -0.0253. The summed E-state index contributed by atoms with van der Waals surface area (Å²) in [7, 11) is 1.85.